The Morgan fingerprint density at radius 2 is 1.14 bits per heavy atom. The van der Waals surface area contributed by atoms with E-state index in [-0.39, 0.29) is 12.0 Å². The van der Waals surface area contributed by atoms with Gasteiger partial charge in [0.25, 0.3) is 0 Å². The van der Waals surface area contributed by atoms with Crippen LogP contribution in [0.4, 0.5) is 0 Å². The number of amidine groups is 1. The Morgan fingerprint density at radius 1 is 0.480 bits per heavy atom. The number of hydrogen-bond acceptors (Lipinski definition) is 2. The van der Waals surface area contributed by atoms with E-state index < -0.39 is 0 Å². The van der Waals surface area contributed by atoms with E-state index in [0.717, 1.165) is 22.8 Å². The standard InChI is InChI=1S/C46H28N4/c1-2-14-29-25-41-37(24-28(29)13-1)42-43-35(31-17-6-9-22-39(31)49(41)43)26-36-32-18-7-10-23-40(32)50(44(36)42)46-34-19-5-8-21-38(34)47-45(48-46)33-20-11-15-27-12-3-4-16-30(27)33/h1-26,34,38H. The first-order chi connectivity index (χ1) is 24.8. The van der Waals surface area contributed by atoms with Gasteiger partial charge in [-0.2, -0.15) is 0 Å². The van der Waals surface area contributed by atoms with Crippen molar-refractivity contribution >= 4 is 93.1 Å². The number of benzene rings is 7. The second-order valence-corrected chi connectivity index (χ2v) is 13.7. The van der Waals surface area contributed by atoms with Gasteiger partial charge in [0, 0.05) is 37.9 Å². The number of aliphatic imine (C=N–C) groups is 2. The third kappa shape index (κ3) is 3.35. The summed E-state index contributed by atoms with van der Waals surface area (Å²) in [4.78, 5) is 10.9. The van der Waals surface area contributed by atoms with Gasteiger partial charge in [-0.25, -0.2) is 4.99 Å². The topological polar surface area (TPSA) is 34.1 Å². The molecule has 3 aromatic heterocycles. The van der Waals surface area contributed by atoms with Crippen LogP contribution in [0.2, 0.25) is 0 Å². The van der Waals surface area contributed by atoms with E-state index in [9.17, 15) is 0 Å². The normalized spacial score (nSPS) is 17.7. The van der Waals surface area contributed by atoms with Crippen LogP contribution in [0.1, 0.15) is 5.56 Å². The maximum Gasteiger partial charge on any atom is 0.157 e. The number of nitrogens with zero attached hydrogens (tertiary/aromatic N) is 4. The van der Waals surface area contributed by atoms with Gasteiger partial charge in [-0.3, -0.25) is 9.56 Å². The first-order valence-corrected chi connectivity index (χ1v) is 17.3. The van der Waals surface area contributed by atoms with Gasteiger partial charge in [0.15, 0.2) is 5.84 Å². The maximum absolute atomic E-state index is 5.59. The van der Waals surface area contributed by atoms with Crippen molar-refractivity contribution in [1.82, 2.24) is 8.97 Å². The zero-order chi connectivity index (χ0) is 32.5. The Kier molecular flexibility index (Phi) is 5.05. The molecule has 0 saturated carbocycles. The Labute approximate surface area is 286 Å². The van der Waals surface area contributed by atoms with Gasteiger partial charge in [0.05, 0.1) is 39.5 Å². The zero-order valence-corrected chi connectivity index (χ0v) is 27.0. The van der Waals surface area contributed by atoms with Crippen LogP contribution in [0.5, 0.6) is 0 Å². The average Bonchev–Trinajstić information content (AvgIpc) is 3.80. The molecule has 0 fully saturated rings. The van der Waals surface area contributed by atoms with Crippen molar-refractivity contribution in [3.63, 3.8) is 0 Å². The summed E-state index contributed by atoms with van der Waals surface area (Å²) in [6.45, 7) is 0. The van der Waals surface area contributed by atoms with E-state index in [0.29, 0.717) is 0 Å². The van der Waals surface area contributed by atoms with Gasteiger partial charge >= 0.3 is 0 Å². The predicted molar refractivity (Wildman–Crippen MR) is 210 cm³/mol. The molecule has 2 aliphatic rings. The fraction of sp³-hybridized carbons (Fsp3) is 0.0435. The van der Waals surface area contributed by atoms with E-state index in [4.69, 9.17) is 9.98 Å². The van der Waals surface area contributed by atoms with Crippen molar-refractivity contribution < 1.29 is 0 Å². The molecule has 12 rings (SSSR count). The monoisotopic (exact) mass is 636 g/mol. The molecule has 0 bridgehead atoms. The van der Waals surface area contributed by atoms with Crippen molar-refractivity contribution in [3.05, 3.63) is 163 Å². The van der Waals surface area contributed by atoms with Crippen LogP contribution in [0.3, 0.4) is 0 Å². The van der Waals surface area contributed by atoms with Gasteiger partial charge in [-0.05, 0) is 51.9 Å². The van der Waals surface area contributed by atoms with Gasteiger partial charge in [0.2, 0.25) is 0 Å². The number of hydrogen-bond donors (Lipinski definition) is 0. The number of para-hydroxylation sites is 2. The molecule has 2 atom stereocenters. The summed E-state index contributed by atoms with van der Waals surface area (Å²) in [5.41, 5.74) is 7.17. The SMILES string of the molecule is C1=CC2N=C(c3cccc4ccccc34)N=C(n3c4ccccc4c4cc5c6ccccc6n6c7cc8ccccc8cc7c(c43)c56)C2C=C1. The molecule has 0 spiro atoms. The van der Waals surface area contributed by atoms with Gasteiger partial charge < -0.3 is 4.40 Å². The molecule has 0 amide bonds. The van der Waals surface area contributed by atoms with Crippen molar-refractivity contribution in [1.29, 1.82) is 0 Å². The van der Waals surface area contributed by atoms with E-state index in [1.807, 2.05) is 0 Å². The molecule has 0 radical (unpaired) electrons. The van der Waals surface area contributed by atoms with Crippen molar-refractivity contribution in [2.75, 3.05) is 0 Å². The highest BCUT2D eigenvalue weighted by Crippen LogP contribution is 2.47. The van der Waals surface area contributed by atoms with E-state index in [2.05, 4.69) is 167 Å². The zero-order valence-electron chi connectivity index (χ0n) is 27.0. The largest absolute Gasteiger partial charge is 0.308 e. The second kappa shape index (κ2) is 9.55. The highest BCUT2D eigenvalue weighted by molar-refractivity contribution is 6.36. The molecule has 0 saturated heterocycles. The fourth-order valence-corrected chi connectivity index (χ4v) is 8.99. The van der Waals surface area contributed by atoms with Crippen LogP contribution in [-0.2, 0) is 0 Å². The smallest absolute Gasteiger partial charge is 0.157 e. The van der Waals surface area contributed by atoms with E-state index >= 15 is 0 Å². The van der Waals surface area contributed by atoms with Gasteiger partial charge in [-0.1, -0.05) is 127 Å². The van der Waals surface area contributed by atoms with Crippen LogP contribution >= 0.6 is 0 Å². The minimum atomic E-state index is -0.0577. The summed E-state index contributed by atoms with van der Waals surface area (Å²) < 4.78 is 4.98. The molecule has 4 nitrogen and oxygen atoms in total. The van der Waals surface area contributed by atoms with Crippen LogP contribution in [0.25, 0.3) is 81.4 Å². The predicted octanol–water partition coefficient (Wildman–Crippen LogP) is 11.1. The van der Waals surface area contributed by atoms with E-state index in [1.54, 1.807) is 0 Å². The van der Waals surface area contributed by atoms with Crippen molar-refractivity contribution in [2.24, 2.45) is 15.9 Å². The molecule has 0 N–H and O–H groups in total. The summed E-state index contributed by atoms with van der Waals surface area (Å²) >= 11 is 0. The van der Waals surface area contributed by atoms with Crippen molar-refractivity contribution in [3.8, 4) is 0 Å². The van der Waals surface area contributed by atoms with Crippen LogP contribution < -0.4 is 0 Å². The van der Waals surface area contributed by atoms with Crippen molar-refractivity contribution in [2.45, 2.75) is 6.04 Å². The molecule has 10 aromatic rings. The second-order valence-electron chi connectivity index (χ2n) is 13.7. The molecule has 4 heteroatoms. The first kappa shape index (κ1) is 26.4. The van der Waals surface area contributed by atoms with E-state index in [1.165, 1.54) is 75.9 Å². The van der Waals surface area contributed by atoms with Gasteiger partial charge in [-0.15, -0.1) is 0 Å². The third-order valence-electron chi connectivity index (χ3n) is 11.1. The van der Waals surface area contributed by atoms with Gasteiger partial charge in [0.1, 0.15) is 5.84 Å². The summed E-state index contributed by atoms with van der Waals surface area (Å²) in [5.74, 6) is 1.78. The molecule has 1 aliphatic heterocycles. The Morgan fingerprint density at radius 3 is 2.00 bits per heavy atom. The lowest BCUT2D eigenvalue weighted by atomic mass is 9.91. The third-order valence-corrected chi connectivity index (χ3v) is 11.1. The molecule has 7 aromatic carbocycles. The average molecular weight is 637 g/mol. The molecule has 232 valence electrons. The minimum absolute atomic E-state index is 0.0102. The maximum atomic E-state index is 5.59. The highest BCUT2D eigenvalue weighted by atomic mass is 15.1. The summed E-state index contributed by atoms with van der Waals surface area (Å²) in [7, 11) is 0. The van der Waals surface area contributed by atoms with Crippen LogP contribution in [0, 0.1) is 5.92 Å². The molecule has 50 heavy (non-hydrogen) atoms. The Hall–Kier alpha value is -6.52. The number of rotatable bonds is 1. The Bertz CT molecular complexity index is 3210. The molecule has 4 heterocycles. The highest BCUT2D eigenvalue weighted by Gasteiger charge is 2.33. The fourth-order valence-electron chi connectivity index (χ4n) is 8.99. The summed E-state index contributed by atoms with van der Waals surface area (Å²) in [5, 5.41) is 12.4. The number of allylic oxidation sites excluding steroid dienone is 2. The molecular formula is C46H28N4. The number of fused-ring (bicyclic) bond motifs is 13. The quantitative estimate of drug-likeness (QED) is 0.172. The number of aromatic nitrogens is 2. The lowest BCUT2D eigenvalue weighted by molar-refractivity contribution is 0.693. The first-order valence-electron chi connectivity index (χ1n) is 17.3. The molecule has 1 aliphatic carbocycles. The Balaban J connectivity index is 1.28. The molecular weight excluding hydrogens is 609 g/mol. The van der Waals surface area contributed by atoms with Crippen LogP contribution in [-0.4, -0.2) is 26.7 Å². The lowest BCUT2D eigenvalue weighted by Gasteiger charge is -2.29. The lowest BCUT2D eigenvalue weighted by Crippen LogP contribution is -2.35. The minimum Gasteiger partial charge on any atom is -0.308 e. The summed E-state index contributed by atoms with van der Waals surface area (Å²) in [6.07, 6.45) is 8.79. The van der Waals surface area contributed by atoms with Crippen LogP contribution in [0.15, 0.2) is 168 Å². The molecule has 2 unspecified atom stereocenters. The summed E-state index contributed by atoms with van der Waals surface area (Å²) in [6, 6.07) is 48.6.